The van der Waals surface area contributed by atoms with Gasteiger partial charge >= 0.3 is 0 Å². The summed E-state index contributed by atoms with van der Waals surface area (Å²) in [4.78, 5) is 0. The van der Waals surface area contributed by atoms with Gasteiger partial charge in [-0.3, -0.25) is 0 Å². The van der Waals surface area contributed by atoms with Gasteiger partial charge in [0.15, 0.2) is 0 Å². The number of fused-ring (bicyclic) bond motifs is 1. The molecule has 0 radical (unpaired) electrons. The fourth-order valence-corrected chi connectivity index (χ4v) is 3.15. The molecule has 4 atom stereocenters. The van der Waals surface area contributed by atoms with E-state index < -0.39 is 0 Å². The molecule has 2 saturated heterocycles. The highest BCUT2D eigenvalue weighted by Gasteiger charge is 2.39. The van der Waals surface area contributed by atoms with Crippen molar-refractivity contribution in [2.75, 3.05) is 6.61 Å². The highest BCUT2D eigenvalue weighted by atomic mass is 16.5. The first kappa shape index (κ1) is 12.0. The van der Waals surface area contributed by atoms with Crippen LogP contribution in [0.25, 0.3) is 0 Å². The lowest BCUT2D eigenvalue weighted by Gasteiger charge is -2.43. The summed E-state index contributed by atoms with van der Waals surface area (Å²) in [5.74, 6) is 0.763. The van der Waals surface area contributed by atoms with Crippen LogP contribution in [-0.4, -0.2) is 23.9 Å². The number of benzene rings is 1. The molecule has 2 aliphatic rings. The van der Waals surface area contributed by atoms with Crippen LogP contribution in [0.3, 0.4) is 0 Å². The predicted octanol–water partition coefficient (Wildman–Crippen LogP) is 3.04. The number of phenolic OH excluding ortho intramolecular Hbond substituents is 1. The van der Waals surface area contributed by atoms with Crippen molar-refractivity contribution in [3.05, 3.63) is 29.8 Å². The number of phenols is 1. The second kappa shape index (κ2) is 4.90. The van der Waals surface area contributed by atoms with E-state index in [-0.39, 0.29) is 6.10 Å². The fourth-order valence-electron chi connectivity index (χ4n) is 3.15. The molecule has 0 spiro atoms. The molecular weight excluding hydrogens is 228 g/mol. The molecule has 0 aliphatic carbocycles. The molecule has 0 amide bonds. The van der Waals surface area contributed by atoms with E-state index in [9.17, 15) is 5.11 Å². The molecule has 0 aromatic heterocycles. The Morgan fingerprint density at radius 2 is 1.89 bits per heavy atom. The minimum Gasteiger partial charge on any atom is -0.508 e. The Hall–Kier alpha value is -1.06. The van der Waals surface area contributed by atoms with Gasteiger partial charge < -0.3 is 14.6 Å². The molecule has 3 heteroatoms. The van der Waals surface area contributed by atoms with Gasteiger partial charge in [-0.15, -0.1) is 0 Å². The number of ether oxygens (including phenoxy) is 2. The molecule has 2 fully saturated rings. The van der Waals surface area contributed by atoms with E-state index in [1.54, 1.807) is 12.1 Å². The van der Waals surface area contributed by atoms with Crippen LogP contribution in [0.4, 0.5) is 0 Å². The van der Waals surface area contributed by atoms with Crippen LogP contribution in [0.2, 0.25) is 0 Å². The summed E-state index contributed by atoms with van der Waals surface area (Å²) in [5.41, 5.74) is 1.15. The van der Waals surface area contributed by atoms with Crippen LogP contribution in [0.5, 0.6) is 5.75 Å². The quantitative estimate of drug-likeness (QED) is 0.830. The van der Waals surface area contributed by atoms with Gasteiger partial charge in [-0.05, 0) is 43.9 Å². The molecule has 3 nitrogen and oxygen atoms in total. The topological polar surface area (TPSA) is 38.7 Å². The first-order chi connectivity index (χ1) is 8.74. The van der Waals surface area contributed by atoms with Crippen molar-refractivity contribution in [3.8, 4) is 5.75 Å². The van der Waals surface area contributed by atoms with E-state index in [4.69, 9.17) is 9.47 Å². The second-order valence-corrected chi connectivity index (χ2v) is 5.40. The zero-order valence-electron chi connectivity index (χ0n) is 10.7. The van der Waals surface area contributed by atoms with Crippen LogP contribution in [0.1, 0.15) is 37.9 Å². The normalized spacial score (nSPS) is 36.1. The van der Waals surface area contributed by atoms with Crippen molar-refractivity contribution < 1.29 is 14.6 Å². The summed E-state index contributed by atoms with van der Waals surface area (Å²) in [6.45, 7) is 2.92. The zero-order chi connectivity index (χ0) is 12.5. The van der Waals surface area contributed by atoms with Crippen molar-refractivity contribution >= 4 is 0 Å². The Morgan fingerprint density at radius 3 is 2.67 bits per heavy atom. The van der Waals surface area contributed by atoms with Crippen LogP contribution >= 0.6 is 0 Å². The van der Waals surface area contributed by atoms with Gasteiger partial charge in [0.05, 0.1) is 18.3 Å². The molecular formula is C15H20O3. The minimum atomic E-state index is 0.122. The SMILES string of the molecule is C[C@@H]1CC[C@@H]2[C@H](CCO[C@H]2c2ccc(O)cc2)O1. The highest BCUT2D eigenvalue weighted by molar-refractivity contribution is 5.28. The minimum absolute atomic E-state index is 0.122. The standard InChI is InChI=1S/C15H20O3/c1-10-2-7-13-14(18-10)8-9-17-15(13)11-3-5-12(16)6-4-11/h3-6,10,13-16H,2,7-9H2,1H3/t10-,13-,14+,15+/m1/s1. The van der Waals surface area contributed by atoms with Gasteiger partial charge in [0.25, 0.3) is 0 Å². The lowest BCUT2D eigenvalue weighted by Crippen LogP contribution is -2.42. The van der Waals surface area contributed by atoms with E-state index in [0.717, 1.165) is 31.4 Å². The van der Waals surface area contributed by atoms with Gasteiger partial charge in [-0.25, -0.2) is 0 Å². The molecule has 0 unspecified atom stereocenters. The van der Waals surface area contributed by atoms with Gasteiger partial charge in [-0.1, -0.05) is 12.1 Å². The predicted molar refractivity (Wildman–Crippen MR) is 68.5 cm³/mol. The van der Waals surface area contributed by atoms with E-state index in [0.29, 0.717) is 23.9 Å². The van der Waals surface area contributed by atoms with Crippen LogP contribution in [-0.2, 0) is 9.47 Å². The number of hydrogen-bond donors (Lipinski definition) is 1. The molecule has 3 rings (SSSR count). The Morgan fingerprint density at radius 1 is 1.11 bits per heavy atom. The third-order valence-corrected chi connectivity index (χ3v) is 4.10. The first-order valence-electron chi connectivity index (χ1n) is 6.80. The van der Waals surface area contributed by atoms with Crippen molar-refractivity contribution in [1.82, 2.24) is 0 Å². The van der Waals surface area contributed by atoms with E-state index in [1.807, 2.05) is 12.1 Å². The molecule has 2 heterocycles. The fraction of sp³-hybridized carbons (Fsp3) is 0.600. The molecule has 0 saturated carbocycles. The molecule has 1 aromatic carbocycles. The van der Waals surface area contributed by atoms with Gasteiger partial charge in [0.1, 0.15) is 5.75 Å². The van der Waals surface area contributed by atoms with Crippen LogP contribution < -0.4 is 0 Å². The Bertz CT molecular complexity index is 401. The van der Waals surface area contributed by atoms with Crippen molar-refractivity contribution in [2.24, 2.45) is 5.92 Å². The lowest BCUT2D eigenvalue weighted by atomic mass is 9.81. The van der Waals surface area contributed by atoms with Crippen LogP contribution in [0, 0.1) is 5.92 Å². The average Bonchev–Trinajstić information content (AvgIpc) is 2.38. The maximum absolute atomic E-state index is 9.36. The second-order valence-electron chi connectivity index (χ2n) is 5.40. The molecule has 0 bridgehead atoms. The summed E-state index contributed by atoms with van der Waals surface area (Å²) < 4.78 is 12.0. The summed E-state index contributed by atoms with van der Waals surface area (Å²) >= 11 is 0. The van der Waals surface area contributed by atoms with Crippen LogP contribution in [0.15, 0.2) is 24.3 Å². The Kier molecular flexibility index (Phi) is 3.27. The van der Waals surface area contributed by atoms with Crippen molar-refractivity contribution in [2.45, 2.75) is 44.5 Å². The van der Waals surface area contributed by atoms with E-state index >= 15 is 0 Å². The largest absolute Gasteiger partial charge is 0.508 e. The average molecular weight is 248 g/mol. The first-order valence-corrected chi connectivity index (χ1v) is 6.80. The van der Waals surface area contributed by atoms with Crippen molar-refractivity contribution in [1.29, 1.82) is 0 Å². The molecule has 98 valence electrons. The number of aromatic hydroxyl groups is 1. The zero-order valence-corrected chi connectivity index (χ0v) is 10.7. The maximum atomic E-state index is 9.36. The highest BCUT2D eigenvalue weighted by Crippen LogP contribution is 2.41. The van der Waals surface area contributed by atoms with E-state index in [2.05, 4.69) is 6.92 Å². The Balaban J connectivity index is 1.81. The van der Waals surface area contributed by atoms with Gasteiger partial charge in [0.2, 0.25) is 0 Å². The maximum Gasteiger partial charge on any atom is 0.115 e. The summed E-state index contributed by atoms with van der Waals surface area (Å²) in [5, 5.41) is 9.36. The Labute approximate surface area is 108 Å². The van der Waals surface area contributed by atoms with Crippen molar-refractivity contribution in [3.63, 3.8) is 0 Å². The van der Waals surface area contributed by atoms with E-state index in [1.165, 1.54) is 0 Å². The summed E-state index contributed by atoms with van der Waals surface area (Å²) in [6, 6.07) is 7.38. The monoisotopic (exact) mass is 248 g/mol. The number of hydrogen-bond acceptors (Lipinski definition) is 3. The third-order valence-electron chi connectivity index (χ3n) is 4.10. The lowest BCUT2D eigenvalue weighted by molar-refractivity contribution is -0.165. The molecule has 1 N–H and O–H groups in total. The molecule has 18 heavy (non-hydrogen) atoms. The number of rotatable bonds is 1. The molecule has 1 aromatic rings. The van der Waals surface area contributed by atoms with Gasteiger partial charge in [0, 0.05) is 12.5 Å². The summed E-state index contributed by atoms with van der Waals surface area (Å²) in [6.07, 6.45) is 4.11. The summed E-state index contributed by atoms with van der Waals surface area (Å²) in [7, 11) is 0. The third kappa shape index (κ3) is 2.25. The smallest absolute Gasteiger partial charge is 0.115 e. The van der Waals surface area contributed by atoms with Gasteiger partial charge in [-0.2, -0.15) is 0 Å². The molecule has 2 aliphatic heterocycles.